The van der Waals surface area contributed by atoms with Gasteiger partial charge < -0.3 is 9.84 Å². The lowest BCUT2D eigenvalue weighted by atomic mass is 9.85. The summed E-state index contributed by atoms with van der Waals surface area (Å²) in [6, 6.07) is 14.9. The van der Waals surface area contributed by atoms with E-state index in [0.717, 1.165) is 16.8 Å². The molecule has 2 aromatic rings. The molecule has 0 saturated heterocycles. The second-order valence-electron chi connectivity index (χ2n) is 6.01. The van der Waals surface area contributed by atoms with Crippen molar-refractivity contribution in [2.24, 2.45) is 0 Å². The lowest BCUT2D eigenvalue weighted by molar-refractivity contribution is 0.144. The van der Waals surface area contributed by atoms with Crippen molar-refractivity contribution in [3.63, 3.8) is 0 Å². The summed E-state index contributed by atoms with van der Waals surface area (Å²) < 4.78 is 5.41. The van der Waals surface area contributed by atoms with E-state index >= 15 is 0 Å². The van der Waals surface area contributed by atoms with Crippen molar-refractivity contribution in [2.45, 2.75) is 18.9 Å². The fourth-order valence-corrected chi connectivity index (χ4v) is 3.01. The highest BCUT2D eigenvalue weighted by atomic mass is 35.5. The number of rotatable bonds is 3. The van der Waals surface area contributed by atoms with Crippen molar-refractivity contribution in [3.8, 4) is 0 Å². The van der Waals surface area contributed by atoms with Gasteiger partial charge in [0.05, 0.1) is 12.3 Å². The molecule has 120 valence electrons. The highest BCUT2D eigenvalue weighted by molar-refractivity contribution is 6.30. The van der Waals surface area contributed by atoms with Crippen LogP contribution in [0.25, 0.3) is 0 Å². The van der Waals surface area contributed by atoms with Gasteiger partial charge in [0.15, 0.2) is 0 Å². The number of carbonyl (C=O) groups excluding carboxylic acids is 1. The molecule has 1 heterocycles. The van der Waals surface area contributed by atoms with Crippen molar-refractivity contribution < 1.29 is 14.6 Å². The molecule has 1 atom stereocenters. The molecule has 0 aromatic heterocycles. The summed E-state index contributed by atoms with van der Waals surface area (Å²) in [5.41, 5.74) is 2.00. The van der Waals surface area contributed by atoms with Gasteiger partial charge in [-0.25, -0.2) is 4.79 Å². The molecule has 0 fully saturated rings. The predicted octanol–water partition coefficient (Wildman–Crippen LogP) is 3.75. The molecule has 0 aliphatic carbocycles. The molecule has 5 heteroatoms. The molecule has 3 rings (SSSR count). The van der Waals surface area contributed by atoms with Crippen LogP contribution in [0.4, 0.5) is 10.5 Å². The number of hydrogen-bond donors (Lipinski definition) is 1. The van der Waals surface area contributed by atoms with Gasteiger partial charge in [-0.15, -0.1) is 0 Å². The van der Waals surface area contributed by atoms with Crippen molar-refractivity contribution in [1.82, 2.24) is 0 Å². The number of carbonyl (C=O) groups is 1. The topological polar surface area (TPSA) is 49.8 Å². The van der Waals surface area contributed by atoms with E-state index in [1.807, 2.05) is 37.3 Å². The predicted molar refractivity (Wildman–Crippen MR) is 89.9 cm³/mol. The van der Waals surface area contributed by atoms with Gasteiger partial charge in [0.2, 0.25) is 0 Å². The van der Waals surface area contributed by atoms with Crippen LogP contribution < -0.4 is 4.90 Å². The summed E-state index contributed by atoms with van der Waals surface area (Å²) in [6.07, 6.45) is -0.422. The SMILES string of the molecule is CC1(CO)CN(C(=O)OCc2ccccc2)c2ccc(Cl)cc21. The molecule has 4 nitrogen and oxygen atoms in total. The van der Waals surface area contributed by atoms with Gasteiger partial charge in [-0.1, -0.05) is 48.9 Å². The van der Waals surface area contributed by atoms with Gasteiger partial charge in [0.25, 0.3) is 0 Å². The highest BCUT2D eigenvalue weighted by Gasteiger charge is 2.41. The molecule has 23 heavy (non-hydrogen) atoms. The summed E-state index contributed by atoms with van der Waals surface area (Å²) in [5.74, 6) is 0. The van der Waals surface area contributed by atoms with Crippen LogP contribution in [0.2, 0.25) is 5.02 Å². The maximum Gasteiger partial charge on any atom is 0.414 e. The van der Waals surface area contributed by atoms with E-state index < -0.39 is 11.5 Å². The Hall–Kier alpha value is -2.04. The molecule has 1 aliphatic rings. The molecule has 0 spiro atoms. The van der Waals surface area contributed by atoms with Crippen molar-refractivity contribution in [3.05, 3.63) is 64.7 Å². The zero-order valence-corrected chi connectivity index (χ0v) is 13.6. The number of benzene rings is 2. The monoisotopic (exact) mass is 331 g/mol. The first-order valence-corrected chi connectivity index (χ1v) is 7.80. The normalized spacial score (nSPS) is 19.5. The first-order chi connectivity index (χ1) is 11.0. The molecular weight excluding hydrogens is 314 g/mol. The number of nitrogens with zero attached hydrogens (tertiary/aromatic N) is 1. The Labute approximate surface area is 140 Å². The zero-order chi connectivity index (χ0) is 16.4. The average Bonchev–Trinajstić information content (AvgIpc) is 2.87. The van der Waals surface area contributed by atoms with E-state index in [1.165, 1.54) is 0 Å². The maximum absolute atomic E-state index is 12.5. The minimum Gasteiger partial charge on any atom is -0.444 e. The van der Waals surface area contributed by atoms with Crippen molar-refractivity contribution in [1.29, 1.82) is 0 Å². The summed E-state index contributed by atoms with van der Waals surface area (Å²) in [6.45, 7) is 2.43. The number of amides is 1. The van der Waals surface area contributed by atoms with Crippen LogP contribution in [-0.4, -0.2) is 24.4 Å². The first kappa shape index (κ1) is 15.8. The third-order valence-electron chi connectivity index (χ3n) is 4.18. The van der Waals surface area contributed by atoms with Crippen LogP contribution in [-0.2, 0) is 16.8 Å². The first-order valence-electron chi connectivity index (χ1n) is 7.42. The Bertz CT molecular complexity index is 719. The fraction of sp³-hybridized carbons (Fsp3) is 0.278. The van der Waals surface area contributed by atoms with Crippen molar-refractivity contribution >= 4 is 23.4 Å². The summed E-state index contributed by atoms with van der Waals surface area (Å²) in [5, 5.41) is 10.3. The molecular formula is C18H18ClNO3. The van der Waals surface area contributed by atoms with E-state index in [2.05, 4.69) is 0 Å². The van der Waals surface area contributed by atoms with E-state index in [4.69, 9.17) is 16.3 Å². The van der Waals surface area contributed by atoms with E-state index in [-0.39, 0.29) is 13.2 Å². The Kier molecular flexibility index (Phi) is 4.28. The molecule has 0 saturated carbocycles. The third-order valence-corrected chi connectivity index (χ3v) is 4.42. The van der Waals surface area contributed by atoms with Gasteiger partial charge >= 0.3 is 6.09 Å². The van der Waals surface area contributed by atoms with Crippen LogP contribution in [0.15, 0.2) is 48.5 Å². The van der Waals surface area contributed by atoms with Crippen LogP contribution in [0, 0.1) is 0 Å². The molecule has 1 amide bonds. The lowest BCUT2D eigenvalue weighted by Crippen LogP contribution is -2.37. The number of aliphatic hydroxyl groups excluding tert-OH is 1. The van der Waals surface area contributed by atoms with Crippen molar-refractivity contribution in [2.75, 3.05) is 18.1 Å². The minimum absolute atomic E-state index is 0.0667. The molecule has 1 N–H and O–H groups in total. The Balaban J connectivity index is 1.80. The van der Waals surface area contributed by atoms with Crippen LogP contribution >= 0.6 is 11.6 Å². The molecule has 2 aromatic carbocycles. The van der Waals surface area contributed by atoms with Crippen LogP contribution in [0.1, 0.15) is 18.1 Å². The maximum atomic E-state index is 12.5. The van der Waals surface area contributed by atoms with E-state index in [0.29, 0.717) is 11.6 Å². The van der Waals surface area contributed by atoms with E-state index in [9.17, 15) is 9.90 Å². The fourth-order valence-electron chi connectivity index (χ4n) is 2.84. The second-order valence-corrected chi connectivity index (χ2v) is 6.44. The number of fused-ring (bicyclic) bond motifs is 1. The van der Waals surface area contributed by atoms with Crippen LogP contribution in [0.5, 0.6) is 0 Å². The minimum atomic E-state index is -0.536. The van der Waals surface area contributed by atoms with E-state index in [1.54, 1.807) is 23.1 Å². The smallest absolute Gasteiger partial charge is 0.414 e. The molecule has 1 aliphatic heterocycles. The number of ether oxygens (including phenoxy) is 1. The Morgan fingerprint density at radius 2 is 2.04 bits per heavy atom. The molecule has 0 radical (unpaired) electrons. The number of aliphatic hydroxyl groups is 1. The standard InChI is InChI=1S/C18H18ClNO3/c1-18(12-21)11-20(16-8-7-14(19)9-15(16)18)17(22)23-10-13-5-3-2-4-6-13/h2-9,21H,10-12H2,1H3. The van der Waals surface area contributed by atoms with Gasteiger partial charge in [-0.2, -0.15) is 0 Å². The Morgan fingerprint density at radius 3 is 2.74 bits per heavy atom. The van der Waals surface area contributed by atoms with Gasteiger partial charge in [-0.3, -0.25) is 4.90 Å². The third kappa shape index (κ3) is 3.05. The molecule has 1 unspecified atom stereocenters. The average molecular weight is 332 g/mol. The van der Waals surface area contributed by atoms with Gasteiger partial charge in [-0.05, 0) is 29.3 Å². The highest BCUT2D eigenvalue weighted by Crippen LogP contribution is 2.42. The molecule has 0 bridgehead atoms. The van der Waals surface area contributed by atoms with Gasteiger partial charge in [0.1, 0.15) is 6.61 Å². The second kappa shape index (κ2) is 6.22. The Morgan fingerprint density at radius 1 is 1.30 bits per heavy atom. The largest absolute Gasteiger partial charge is 0.444 e. The number of halogens is 1. The summed E-state index contributed by atoms with van der Waals surface area (Å²) in [4.78, 5) is 14.0. The lowest BCUT2D eigenvalue weighted by Gasteiger charge is -2.22. The van der Waals surface area contributed by atoms with Gasteiger partial charge in [0, 0.05) is 17.0 Å². The number of anilines is 1. The zero-order valence-electron chi connectivity index (χ0n) is 12.8. The van der Waals surface area contributed by atoms with Crippen LogP contribution in [0.3, 0.4) is 0 Å². The summed E-state index contributed by atoms with van der Waals surface area (Å²) >= 11 is 6.06. The summed E-state index contributed by atoms with van der Waals surface area (Å²) in [7, 11) is 0. The number of hydrogen-bond acceptors (Lipinski definition) is 3. The quantitative estimate of drug-likeness (QED) is 0.932.